The van der Waals surface area contributed by atoms with Gasteiger partial charge in [0.05, 0.1) is 24.7 Å². The van der Waals surface area contributed by atoms with E-state index >= 15 is 0 Å². The molecule has 15 heavy (non-hydrogen) atoms. The summed E-state index contributed by atoms with van der Waals surface area (Å²) in [4.78, 5) is 0. The minimum absolute atomic E-state index is 0.154. The minimum atomic E-state index is 0.154. The number of hydrogen-bond donors (Lipinski definition) is 1. The molecule has 2 rings (SSSR count). The van der Waals surface area contributed by atoms with Gasteiger partial charge in [-0.1, -0.05) is 13.8 Å². The molecule has 2 heterocycles. The first-order valence-corrected chi connectivity index (χ1v) is 5.64. The number of rotatable bonds is 3. The van der Waals surface area contributed by atoms with Crippen LogP contribution in [0.4, 0.5) is 0 Å². The normalized spacial score (nSPS) is 27.1. The summed E-state index contributed by atoms with van der Waals surface area (Å²) >= 11 is 0. The molecule has 0 radical (unpaired) electrons. The molecule has 1 fully saturated rings. The number of furan rings is 1. The fourth-order valence-corrected chi connectivity index (χ4v) is 2.02. The minimum Gasteiger partial charge on any atom is -0.472 e. The molecule has 1 aliphatic heterocycles. The summed E-state index contributed by atoms with van der Waals surface area (Å²) in [5.41, 5.74) is 1.14. The van der Waals surface area contributed by atoms with E-state index in [1.54, 1.807) is 12.5 Å². The Morgan fingerprint density at radius 3 is 3.00 bits per heavy atom. The third-order valence-electron chi connectivity index (χ3n) is 2.71. The van der Waals surface area contributed by atoms with Crippen LogP contribution in [0.25, 0.3) is 0 Å². The summed E-state index contributed by atoms with van der Waals surface area (Å²) in [6, 6.07) is 1.98. The first kappa shape index (κ1) is 10.7. The Labute approximate surface area is 90.8 Å². The molecular formula is C12H19NO2. The maximum Gasteiger partial charge on any atom is 0.0984 e. The Morgan fingerprint density at radius 2 is 2.33 bits per heavy atom. The Hall–Kier alpha value is -0.800. The number of ether oxygens (including phenoxy) is 1. The van der Waals surface area contributed by atoms with Crippen molar-refractivity contribution in [1.82, 2.24) is 5.32 Å². The zero-order chi connectivity index (χ0) is 10.7. The predicted octanol–water partition coefficient (Wildman–Crippen LogP) is 2.36. The van der Waals surface area contributed by atoms with E-state index in [-0.39, 0.29) is 6.10 Å². The molecule has 1 aromatic rings. The second-order valence-corrected chi connectivity index (χ2v) is 4.59. The average molecular weight is 209 g/mol. The highest BCUT2D eigenvalue weighted by molar-refractivity contribution is 5.10. The van der Waals surface area contributed by atoms with E-state index in [0.29, 0.717) is 12.0 Å². The second kappa shape index (κ2) is 4.81. The lowest BCUT2D eigenvalue weighted by atomic mass is 10.0. The van der Waals surface area contributed by atoms with Crippen molar-refractivity contribution in [3.8, 4) is 0 Å². The molecule has 0 saturated carbocycles. The van der Waals surface area contributed by atoms with Gasteiger partial charge in [0.15, 0.2) is 0 Å². The van der Waals surface area contributed by atoms with Gasteiger partial charge in [-0.25, -0.2) is 0 Å². The van der Waals surface area contributed by atoms with Gasteiger partial charge in [0.25, 0.3) is 0 Å². The van der Waals surface area contributed by atoms with Crippen molar-refractivity contribution in [2.45, 2.75) is 32.5 Å². The Balaban J connectivity index is 1.92. The van der Waals surface area contributed by atoms with Crippen molar-refractivity contribution >= 4 is 0 Å². The standard InChI is InChI=1S/C12H19NO2/c1-9(2)5-11-6-13-7-12(15-11)10-3-4-14-8-10/h3-4,8-9,11-13H,5-7H2,1-2H3. The van der Waals surface area contributed by atoms with Crippen molar-refractivity contribution in [3.05, 3.63) is 24.2 Å². The smallest absolute Gasteiger partial charge is 0.0984 e. The fourth-order valence-electron chi connectivity index (χ4n) is 2.02. The molecule has 1 saturated heterocycles. The lowest BCUT2D eigenvalue weighted by Crippen LogP contribution is -2.41. The molecular weight excluding hydrogens is 190 g/mol. The van der Waals surface area contributed by atoms with Gasteiger partial charge in [-0.15, -0.1) is 0 Å². The van der Waals surface area contributed by atoms with Crippen molar-refractivity contribution in [2.24, 2.45) is 5.92 Å². The molecule has 0 bridgehead atoms. The summed E-state index contributed by atoms with van der Waals surface area (Å²) in [5.74, 6) is 0.680. The van der Waals surface area contributed by atoms with Gasteiger partial charge >= 0.3 is 0 Å². The molecule has 3 nitrogen and oxygen atoms in total. The van der Waals surface area contributed by atoms with Gasteiger partial charge < -0.3 is 14.5 Å². The number of nitrogens with one attached hydrogen (secondary N) is 1. The van der Waals surface area contributed by atoms with Crippen LogP contribution in [0.2, 0.25) is 0 Å². The molecule has 1 N–H and O–H groups in total. The maximum absolute atomic E-state index is 6.02. The Kier molecular flexibility index (Phi) is 3.44. The molecule has 2 unspecified atom stereocenters. The van der Waals surface area contributed by atoms with Gasteiger partial charge in [0.1, 0.15) is 0 Å². The molecule has 1 aliphatic rings. The van der Waals surface area contributed by atoms with E-state index in [9.17, 15) is 0 Å². The number of morpholine rings is 1. The topological polar surface area (TPSA) is 34.4 Å². The molecule has 3 heteroatoms. The molecule has 0 spiro atoms. The maximum atomic E-state index is 6.02. The summed E-state index contributed by atoms with van der Waals surface area (Å²) in [7, 11) is 0. The molecule has 84 valence electrons. The molecule has 0 amide bonds. The zero-order valence-corrected chi connectivity index (χ0v) is 9.40. The monoisotopic (exact) mass is 209 g/mol. The van der Waals surface area contributed by atoms with E-state index in [1.807, 2.05) is 6.07 Å². The number of hydrogen-bond acceptors (Lipinski definition) is 3. The van der Waals surface area contributed by atoms with Crippen LogP contribution in [0.15, 0.2) is 23.0 Å². The van der Waals surface area contributed by atoms with Gasteiger partial charge in [-0.3, -0.25) is 0 Å². The van der Waals surface area contributed by atoms with Crippen LogP contribution in [0, 0.1) is 5.92 Å². The van der Waals surface area contributed by atoms with E-state index in [1.165, 1.54) is 0 Å². The van der Waals surface area contributed by atoms with Crippen LogP contribution in [-0.2, 0) is 4.74 Å². The summed E-state index contributed by atoms with van der Waals surface area (Å²) in [6.07, 6.45) is 5.07. The van der Waals surface area contributed by atoms with E-state index in [4.69, 9.17) is 9.15 Å². The highest BCUT2D eigenvalue weighted by Crippen LogP contribution is 2.24. The van der Waals surface area contributed by atoms with Crippen molar-refractivity contribution in [1.29, 1.82) is 0 Å². The van der Waals surface area contributed by atoms with Crippen LogP contribution in [0.5, 0.6) is 0 Å². The predicted molar refractivity (Wildman–Crippen MR) is 58.6 cm³/mol. The highest BCUT2D eigenvalue weighted by atomic mass is 16.5. The average Bonchev–Trinajstić information content (AvgIpc) is 2.69. The third-order valence-corrected chi connectivity index (χ3v) is 2.71. The summed E-state index contributed by atoms with van der Waals surface area (Å²) < 4.78 is 11.1. The molecule has 0 aromatic carbocycles. The van der Waals surface area contributed by atoms with Crippen LogP contribution in [0.3, 0.4) is 0 Å². The van der Waals surface area contributed by atoms with E-state index in [0.717, 1.165) is 25.1 Å². The van der Waals surface area contributed by atoms with Crippen molar-refractivity contribution in [2.75, 3.05) is 13.1 Å². The second-order valence-electron chi connectivity index (χ2n) is 4.59. The quantitative estimate of drug-likeness (QED) is 0.829. The zero-order valence-electron chi connectivity index (χ0n) is 9.40. The largest absolute Gasteiger partial charge is 0.472 e. The fraction of sp³-hybridized carbons (Fsp3) is 0.667. The molecule has 1 aromatic heterocycles. The molecule has 2 atom stereocenters. The summed E-state index contributed by atoms with van der Waals surface area (Å²) in [5, 5.41) is 3.41. The Morgan fingerprint density at radius 1 is 1.47 bits per heavy atom. The first-order chi connectivity index (χ1) is 7.25. The molecule has 0 aliphatic carbocycles. The lowest BCUT2D eigenvalue weighted by Gasteiger charge is -2.31. The van der Waals surface area contributed by atoms with Gasteiger partial charge in [0, 0.05) is 18.7 Å². The van der Waals surface area contributed by atoms with E-state index in [2.05, 4.69) is 19.2 Å². The summed E-state index contributed by atoms with van der Waals surface area (Å²) in [6.45, 7) is 6.30. The SMILES string of the molecule is CC(C)CC1CNCC(c2ccoc2)O1. The van der Waals surface area contributed by atoms with E-state index < -0.39 is 0 Å². The van der Waals surface area contributed by atoms with Crippen LogP contribution >= 0.6 is 0 Å². The highest BCUT2D eigenvalue weighted by Gasteiger charge is 2.24. The van der Waals surface area contributed by atoms with Gasteiger partial charge in [-0.2, -0.15) is 0 Å². The first-order valence-electron chi connectivity index (χ1n) is 5.64. The van der Waals surface area contributed by atoms with Crippen LogP contribution in [-0.4, -0.2) is 19.2 Å². The van der Waals surface area contributed by atoms with Gasteiger partial charge in [0.2, 0.25) is 0 Å². The van der Waals surface area contributed by atoms with Crippen molar-refractivity contribution in [3.63, 3.8) is 0 Å². The lowest BCUT2D eigenvalue weighted by molar-refractivity contribution is -0.0476. The Bertz CT molecular complexity index is 282. The van der Waals surface area contributed by atoms with Gasteiger partial charge in [-0.05, 0) is 18.4 Å². The van der Waals surface area contributed by atoms with Crippen LogP contribution in [0.1, 0.15) is 31.9 Å². The third kappa shape index (κ3) is 2.83. The van der Waals surface area contributed by atoms with Crippen molar-refractivity contribution < 1.29 is 9.15 Å². The van der Waals surface area contributed by atoms with Crippen LogP contribution < -0.4 is 5.32 Å².